The molecule has 1 aliphatic heterocycles. The third kappa shape index (κ3) is 3.24. The van der Waals surface area contributed by atoms with Gasteiger partial charge in [-0.25, -0.2) is 14.4 Å². The van der Waals surface area contributed by atoms with Crippen molar-refractivity contribution in [3.8, 4) is 11.3 Å². The van der Waals surface area contributed by atoms with Crippen LogP contribution in [0.15, 0.2) is 36.8 Å². The second kappa shape index (κ2) is 7.80. The first kappa shape index (κ1) is 20.1. The Labute approximate surface area is 189 Å². The molecule has 0 bridgehead atoms. The minimum Gasteiger partial charge on any atom is -0.379 e. The molecule has 6 rings (SSSR count). The number of nitrogens with one attached hydrogen (secondary N) is 2. The summed E-state index contributed by atoms with van der Waals surface area (Å²) in [5.74, 6) is 0.325. The third-order valence-electron chi connectivity index (χ3n) is 6.64. The van der Waals surface area contributed by atoms with Gasteiger partial charge in [0, 0.05) is 43.1 Å². The molecular formula is C23H24FN7O2. The van der Waals surface area contributed by atoms with E-state index in [-0.39, 0.29) is 11.9 Å². The number of halogens is 1. The topological polar surface area (TPSA) is 98.4 Å². The summed E-state index contributed by atoms with van der Waals surface area (Å²) in [7, 11) is 1.79. The van der Waals surface area contributed by atoms with Crippen molar-refractivity contribution in [1.29, 1.82) is 0 Å². The van der Waals surface area contributed by atoms with Crippen LogP contribution in [0.4, 0.5) is 10.2 Å². The van der Waals surface area contributed by atoms with Crippen LogP contribution in [0.1, 0.15) is 35.7 Å². The lowest BCUT2D eigenvalue weighted by Crippen LogP contribution is -2.48. The Balaban J connectivity index is 1.48. The van der Waals surface area contributed by atoms with Crippen LogP contribution < -0.4 is 10.6 Å². The molecular weight excluding hydrogens is 425 g/mol. The Bertz CT molecular complexity index is 1360. The van der Waals surface area contributed by atoms with Gasteiger partial charge in [-0.2, -0.15) is 9.61 Å². The number of nitrogens with zero attached hydrogens (tertiary/aromatic N) is 5. The van der Waals surface area contributed by atoms with E-state index in [0.29, 0.717) is 42.2 Å². The summed E-state index contributed by atoms with van der Waals surface area (Å²) in [6, 6.07) is 5.61. The molecule has 0 radical (unpaired) electrons. The summed E-state index contributed by atoms with van der Waals surface area (Å²) in [6.07, 6.45) is 6.39. The summed E-state index contributed by atoms with van der Waals surface area (Å²) < 4.78 is 23.0. The summed E-state index contributed by atoms with van der Waals surface area (Å²) >= 11 is 0. The molecule has 0 spiro atoms. The molecule has 1 aliphatic carbocycles. The van der Waals surface area contributed by atoms with Gasteiger partial charge >= 0.3 is 0 Å². The Morgan fingerprint density at radius 1 is 1.27 bits per heavy atom. The highest BCUT2D eigenvalue weighted by molar-refractivity contribution is 6.01. The molecule has 3 atom stereocenters. The minimum atomic E-state index is -0.995. The smallest absolute Gasteiger partial charge is 0.257 e. The predicted octanol–water partition coefficient (Wildman–Crippen LogP) is 2.98. The number of ether oxygens (including phenoxy) is 1. The Morgan fingerprint density at radius 3 is 2.91 bits per heavy atom. The summed E-state index contributed by atoms with van der Waals surface area (Å²) in [5, 5.41) is 11.2. The van der Waals surface area contributed by atoms with Crippen LogP contribution in [-0.4, -0.2) is 62.5 Å². The molecule has 10 heteroatoms. The zero-order valence-electron chi connectivity index (χ0n) is 18.2. The number of alkyl halides is 1. The lowest BCUT2D eigenvalue weighted by Gasteiger charge is -2.30. The van der Waals surface area contributed by atoms with Gasteiger partial charge in [-0.05, 0) is 31.4 Å². The predicted molar refractivity (Wildman–Crippen MR) is 121 cm³/mol. The molecule has 170 valence electrons. The zero-order valence-corrected chi connectivity index (χ0v) is 18.2. The maximum absolute atomic E-state index is 13.7. The van der Waals surface area contributed by atoms with E-state index in [1.807, 2.05) is 18.2 Å². The molecule has 33 heavy (non-hydrogen) atoms. The van der Waals surface area contributed by atoms with Gasteiger partial charge in [-0.15, -0.1) is 0 Å². The van der Waals surface area contributed by atoms with Gasteiger partial charge < -0.3 is 19.9 Å². The SMILES string of the molecule is CNc1cc(-c2cn(C3CCOC3)c3ncccc23)nc2c(C(=O)N[C@H]3CC[C@H]3F)cnn12. The number of carbonyl (C=O) groups is 1. The average Bonchev–Trinajstić information content (AvgIpc) is 3.58. The quantitative estimate of drug-likeness (QED) is 0.486. The van der Waals surface area contributed by atoms with Gasteiger partial charge in [0.2, 0.25) is 0 Å². The Morgan fingerprint density at radius 2 is 2.18 bits per heavy atom. The molecule has 1 saturated carbocycles. The van der Waals surface area contributed by atoms with E-state index in [9.17, 15) is 9.18 Å². The first-order valence-electron chi connectivity index (χ1n) is 11.2. The summed E-state index contributed by atoms with van der Waals surface area (Å²) in [4.78, 5) is 22.3. The van der Waals surface area contributed by atoms with Crippen LogP contribution in [0, 0.1) is 0 Å². The van der Waals surface area contributed by atoms with Crippen LogP contribution in [-0.2, 0) is 4.74 Å². The molecule has 1 saturated heterocycles. The van der Waals surface area contributed by atoms with Crippen molar-refractivity contribution in [2.75, 3.05) is 25.6 Å². The Kier molecular flexibility index (Phi) is 4.75. The highest BCUT2D eigenvalue weighted by atomic mass is 19.1. The minimum absolute atomic E-state index is 0.219. The molecule has 9 nitrogen and oxygen atoms in total. The standard InChI is InChI=1S/C23H24FN7O2/c1-25-20-9-19(16-11-30(13-6-8-33-12-13)21-14(16)3-2-7-26-21)28-22-15(10-27-31(20)22)23(32)29-18-5-4-17(18)24/h2-3,7,9-11,13,17-18,25H,4-6,8,12H2,1H3,(H,29,32)/t13?,17-,18+/m1/s1. The van der Waals surface area contributed by atoms with Crippen LogP contribution in [0.25, 0.3) is 27.9 Å². The fourth-order valence-corrected chi connectivity index (χ4v) is 4.61. The molecule has 0 aromatic carbocycles. The maximum atomic E-state index is 13.7. The van der Waals surface area contributed by atoms with E-state index >= 15 is 0 Å². The van der Waals surface area contributed by atoms with E-state index < -0.39 is 12.2 Å². The molecule has 2 aliphatic rings. The van der Waals surface area contributed by atoms with Crippen molar-refractivity contribution >= 4 is 28.4 Å². The number of carbonyl (C=O) groups excluding carboxylic acids is 1. The fourth-order valence-electron chi connectivity index (χ4n) is 4.61. The second-order valence-electron chi connectivity index (χ2n) is 8.59. The summed E-state index contributed by atoms with van der Waals surface area (Å²) in [6.45, 7) is 1.38. The van der Waals surface area contributed by atoms with Crippen molar-refractivity contribution < 1.29 is 13.9 Å². The number of anilines is 1. The highest BCUT2D eigenvalue weighted by Gasteiger charge is 2.33. The lowest BCUT2D eigenvalue weighted by atomic mass is 9.90. The first-order chi connectivity index (χ1) is 16.1. The van der Waals surface area contributed by atoms with Crippen LogP contribution in [0.3, 0.4) is 0 Å². The number of aromatic nitrogens is 5. The molecule has 4 aromatic rings. The van der Waals surface area contributed by atoms with E-state index in [1.54, 1.807) is 17.8 Å². The van der Waals surface area contributed by atoms with Gasteiger partial charge in [-0.1, -0.05) is 0 Å². The lowest BCUT2D eigenvalue weighted by molar-refractivity contribution is 0.0826. The van der Waals surface area contributed by atoms with E-state index in [0.717, 1.165) is 29.6 Å². The van der Waals surface area contributed by atoms with Crippen molar-refractivity contribution in [3.05, 3.63) is 42.4 Å². The zero-order chi connectivity index (χ0) is 22.5. The van der Waals surface area contributed by atoms with Gasteiger partial charge in [0.25, 0.3) is 5.91 Å². The largest absolute Gasteiger partial charge is 0.379 e. The second-order valence-corrected chi connectivity index (χ2v) is 8.59. The first-order valence-corrected chi connectivity index (χ1v) is 11.2. The fraction of sp³-hybridized carbons (Fsp3) is 0.391. The third-order valence-corrected chi connectivity index (χ3v) is 6.64. The molecule has 1 amide bonds. The molecule has 1 unspecified atom stereocenters. The van der Waals surface area contributed by atoms with Gasteiger partial charge in [0.15, 0.2) is 5.65 Å². The van der Waals surface area contributed by atoms with E-state index in [1.165, 1.54) is 6.20 Å². The summed E-state index contributed by atoms with van der Waals surface area (Å²) in [5.41, 5.74) is 3.22. The van der Waals surface area contributed by atoms with E-state index in [4.69, 9.17) is 9.72 Å². The monoisotopic (exact) mass is 449 g/mol. The van der Waals surface area contributed by atoms with Gasteiger partial charge in [0.1, 0.15) is 23.2 Å². The average molecular weight is 449 g/mol. The normalized spacial score (nSPS) is 22.5. The number of hydrogen-bond acceptors (Lipinski definition) is 6. The maximum Gasteiger partial charge on any atom is 0.257 e. The van der Waals surface area contributed by atoms with E-state index in [2.05, 4.69) is 31.5 Å². The number of fused-ring (bicyclic) bond motifs is 2. The van der Waals surface area contributed by atoms with Gasteiger partial charge in [0.05, 0.1) is 30.6 Å². The molecule has 4 aromatic heterocycles. The molecule has 2 N–H and O–H groups in total. The molecule has 5 heterocycles. The number of rotatable bonds is 5. The number of pyridine rings is 1. The van der Waals surface area contributed by atoms with Crippen molar-refractivity contribution in [2.45, 2.75) is 37.5 Å². The Hall–Kier alpha value is -3.53. The van der Waals surface area contributed by atoms with Crippen molar-refractivity contribution in [1.82, 2.24) is 29.5 Å². The van der Waals surface area contributed by atoms with Gasteiger partial charge in [-0.3, -0.25) is 4.79 Å². The van der Waals surface area contributed by atoms with Crippen LogP contribution in [0.5, 0.6) is 0 Å². The number of hydrogen-bond donors (Lipinski definition) is 2. The van der Waals surface area contributed by atoms with Crippen molar-refractivity contribution in [3.63, 3.8) is 0 Å². The van der Waals surface area contributed by atoms with Crippen LogP contribution in [0.2, 0.25) is 0 Å². The highest BCUT2D eigenvalue weighted by Crippen LogP contribution is 2.34. The van der Waals surface area contributed by atoms with Crippen molar-refractivity contribution in [2.24, 2.45) is 0 Å². The number of amides is 1. The van der Waals surface area contributed by atoms with Crippen LogP contribution >= 0.6 is 0 Å². The molecule has 2 fully saturated rings.